The summed E-state index contributed by atoms with van der Waals surface area (Å²) in [7, 11) is 1.24. The van der Waals surface area contributed by atoms with Gasteiger partial charge in [0.15, 0.2) is 0 Å². The number of allylic oxidation sites excluding steroid dienone is 3. The summed E-state index contributed by atoms with van der Waals surface area (Å²) in [5, 5.41) is 12.0. The van der Waals surface area contributed by atoms with Gasteiger partial charge in [0.05, 0.1) is 37.0 Å². The lowest BCUT2D eigenvalue weighted by molar-refractivity contribution is -0.139. The highest BCUT2D eigenvalue weighted by atomic mass is 19.4. The van der Waals surface area contributed by atoms with Gasteiger partial charge in [-0.15, -0.1) is 0 Å². The fourth-order valence-electron chi connectivity index (χ4n) is 5.36. The van der Waals surface area contributed by atoms with Gasteiger partial charge in [-0.25, -0.2) is 4.79 Å². The fourth-order valence-corrected chi connectivity index (χ4v) is 5.36. The normalized spacial score (nSPS) is 11.7. The summed E-state index contributed by atoms with van der Waals surface area (Å²) in [6, 6.07) is 15.1. The third-order valence-corrected chi connectivity index (χ3v) is 8.29. The van der Waals surface area contributed by atoms with Crippen LogP contribution in [-0.2, 0) is 38.3 Å². The zero-order valence-electron chi connectivity index (χ0n) is 31.2. The molecule has 0 radical (unpaired) electrons. The van der Waals surface area contributed by atoms with Crippen molar-refractivity contribution in [3.8, 4) is 11.5 Å². The molecule has 0 atom stereocenters. The molecule has 3 rings (SSSR count). The summed E-state index contributed by atoms with van der Waals surface area (Å²) in [5.74, 6) is -2.36. The van der Waals surface area contributed by atoms with Gasteiger partial charge in [0.2, 0.25) is 5.91 Å². The Labute approximate surface area is 319 Å². The molecule has 0 aliphatic heterocycles. The van der Waals surface area contributed by atoms with E-state index in [4.69, 9.17) is 14.2 Å². The highest BCUT2D eigenvalue weighted by Crippen LogP contribution is 2.35. The van der Waals surface area contributed by atoms with E-state index in [0.29, 0.717) is 17.9 Å². The number of carbonyl (C=O) groups is 4. The Kier molecular flexibility index (Phi) is 17.2. The number of halogens is 3. The molecule has 0 aliphatic rings. The monoisotopic (exact) mass is 764 g/mol. The number of esters is 1. The quantitative estimate of drug-likeness (QED) is 0.0275. The van der Waals surface area contributed by atoms with Crippen molar-refractivity contribution >= 4 is 29.4 Å². The molecule has 0 saturated carbocycles. The standard InChI is InChI=1S/C42H47F3N2O8/c1-5-7-8-9-10-11-24-54-29(3)12-15-31(6-2)41(52)55-35-21-13-30(14-22-35)27-47(28-39(49)50)40(51)32-16-19-34(20-17-32)46-38(48)25-33-18-23-36(53-4)26-37(33)42(43,44)45/h6,12-23,26H,2,5,7-11,24-25,27-28H2,1,3-4H3,(H,46,48)(H,49,50)/b29-12+,31-15+. The molecule has 0 bridgehead atoms. The maximum Gasteiger partial charge on any atom is 0.416 e. The minimum atomic E-state index is -4.70. The van der Waals surface area contributed by atoms with Crippen molar-refractivity contribution in [2.24, 2.45) is 0 Å². The first-order chi connectivity index (χ1) is 26.2. The van der Waals surface area contributed by atoms with E-state index >= 15 is 0 Å². The van der Waals surface area contributed by atoms with Gasteiger partial charge in [0, 0.05) is 17.8 Å². The third-order valence-electron chi connectivity index (χ3n) is 8.29. The number of carboxylic acid groups (broad SMARTS) is 1. The van der Waals surface area contributed by atoms with Crippen LogP contribution < -0.4 is 14.8 Å². The van der Waals surface area contributed by atoms with Crippen molar-refractivity contribution in [3.05, 3.63) is 125 Å². The second kappa shape index (κ2) is 21.8. The third kappa shape index (κ3) is 14.8. The summed E-state index contributed by atoms with van der Waals surface area (Å²) in [5.41, 5.74) is -0.140. The van der Waals surface area contributed by atoms with Gasteiger partial charge < -0.3 is 29.5 Å². The number of nitrogens with one attached hydrogen (secondary N) is 1. The first-order valence-corrected chi connectivity index (χ1v) is 17.8. The lowest BCUT2D eigenvalue weighted by Gasteiger charge is -2.21. The number of hydrogen-bond acceptors (Lipinski definition) is 7. The molecule has 55 heavy (non-hydrogen) atoms. The largest absolute Gasteiger partial charge is 0.498 e. The zero-order chi connectivity index (χ0) is 40.4. The number of hydrogen-bond donors (Lipinski definition) is 2. The van der Waals surface area contributed by atoms with E-state index < -0.39 is 48.5 Å². The molecule has 13 heteroatoms. The van der Waals surface area contributed by atoms with Crippen molar-refractivity contribution in [2.75, 3.05) is 25.6 Å². The van der Waals surface area contributed by atoms with Crippen LogP contribution in [0.3, 0.4) is 0 Å². The molecular weight excluding hydrogens is 717 g/mol. The van der Waals surface area contributed by atoms with E-state index in [1.807, 2.05) is 0 Å². The number of rotatable bonds is 21. The van der Waals surface area contributed by atoms with Crippen molar-refractivity contribution in [1.29, 1.82) is 0 Å². The lowest BCUT2D eigenvalue weighted by atomic mass is 10.0. The van der Waals surface area contributed by atoms with E-state index in [9.17, 15) is 37.5 Å². The van der Waals surface area contributed by atoms with Crippen LogP contribution in [0.2, 0.25) is 0 Å². The van der Waals surface area contributed by atoms with E-state index in [0.717, 1.165) is 23.8 Å². The van der Waals surface area contributed by atoms with E-state index in [-0.39, 0.29) is 40.4 Å². The van der Waals surface area contributed by atoms with Crippen molar-refractivity contribution in [1.82, 2.24) is 4.90 Å². The second-order valence-corrected chi connectivity index (χ2v) is 12.6. The smallest absolute Gasteiger partial charge is 0.416 e. The van der Waals surface area contributed by atoms with Crippen LogP contribution >= 0.6 is 0 Å². The Hall–Kier alpha value is -5.85. The Morgan fingerprint density at radius 1 is 0.891 bits per heavy atom. The summed E-state index contributed by atoms with van der Waals surface area (Å²) in [4.78, 5) is 51.5. The van der Waals surface area contributed by atoms with E-state index in [1.54, 1.807) is 31.2 Å². The summed E-state index contributed by atoms with van der Waals surface area (Å²) >= 11 is 0. The maximum absolute atomic E-state index is 13.6. The SMILES string of the molecule is C=C/C(=C\C=C(/C)OCCCCCCCC)C(=O)Oc1ccc(CN(CC(=O)O)C(=O)c2ccc(NC(=O)Cc3ccc(OC)cc3C(F)(F)F)cc2)cc1. The molecule has 0 unspecified atom stereocenters. The van der Waals surface area contributed by atoms with Crippen LogP contribution in [0.15, 0.2) is 103 Å². The molecule has 0 aliphatic carbocycles. The van der Waals surface area contributed by atoms with Gasteiger partial charge in [-0.1, -0.05) is 69.9 Å². The van der Waals surface area contributed by atoms with Gasteiger partial charge in [0.1, 0.15) is 18.0 Å². The first-order valence-electron chi connectivity index (χ1n) is 17.8. The van der Waals surface area contributed by atoms with Crippen LogP contribution in [0.25, 0.3) is 0 Å². The van der Waals surface area contributed by atoms with Crippen LogP contribution in [0.4, 0.5) is 18.9 Å². The number of alkyl halides is 3. The minimum absolute atomic E-state index is 0.000987. The summed E-state index contributed by atoms with van der Waals surface area (Å²) < 4.78 is 56.8. The van der Waals surface area contributed by atoms with Crippen LogP contribution in [0, 0.1) is 0 Å². The molecule has 3 aromatic rings. The highest BCUT2D eigenvalue weighted by Gasteiger charge is 2.34. The number of amides is 2. The van der Waals surface area contributed by atoms with E-state index in [2.05, 4.69) is 18.8 Å². The Morgan fingerprint density at radius 3 is 2.16 bits per heavy atom. The van der Waals surface area contributed by atoms with Gasteiger partial charge in [0.25, 0.3) is 5.91 Å². The van der Waals surface area contributed by atoms with Crippen molar-refractivity contribution < 1.29 is 51.7 Å². The number of unbranched alkanes of at least 4 members (excludes halogenated alkanes) is 5. The molecular formula is C42H47F3N2O8. The van der Waals surface area contributed by atoms with Gasteiger partial charge in [-0.2, -0.15) is 13.2 Å². The number of carbonyl (C=O) groups excluding carboxylic acids is 3. The molecule has 0 saturated heterocycles. The topological polar surface area (TPSA) is 131 Å². The van der Waals surface area contributed by atoms with Crippen LogP contribution in [0.1, 0.15) is 79.4 Å². The number of nitrogens with zero attached hydrogens (tertiary/aromatic N) is 1. The number of benzene rings is 3. The number of aliphatic carboxylic acids is 1. The van der Waals surface area contributed by atoms with Crippen LogP contribution in [-0.4, -0.2) is 54.0 Å². The maximum atomic E-state index is 13.6. The predicted octanol–water partition coefficient (Wildman–Crippen LogP) is 8.92. The van der Waals surface area contributed by atoms with Crippen LogP contribution in [0.5, 0.6) is 11.5 Å². The lowest BCUT2D eigenvalue weighted by Crippen LogP contribution is -2.35. The molecule has 2 N–H and O–H groups in total. The van der Waals surface area contributed by atoms with Gasteiger partial charge in [-0.3, -0.25) is 14.4 Å². The fraction of sp³-hybridized carbons (Fsp3) is 0.333. The molecule has 294 valence electrons. The highest BCUT2D eigenvalue weighted by molar-refractivity contribution is 5.97. The summed E-state index contributed by atoms with van der Waals surface area (Å²) in [6.07, 6.45) is 6.26. The summed E-state index contributed by atoms with van der Waals surface area (Å²) in [6.45, 7) is 7.55. The first kappa shape index (κ1) is 43.6. The number of carboxylic acids is 1. The Morgan fingerprint density at radius 2 is 1.55 bits per heavy atom. The average Bonchev–Trinajstić information content (AvgIpc) is 3.14. The molecule has 10 nitrogen and oxygen atoms in total. The Balaban J connectivity index is 1.59. The zero-order valence-corrected chi connectivity index (χ0v) is 31.2. The minimum Gasteiger partial charge on any atom is -0.498 e. The van der Waals surface area contributed by atoms with Gasteiger partial charge in [-0.05, 0) is 85.2 Å². The van der Waals surface area contributed by atoms with Crippen molar-refractivity contribution in [3.63, 3.8) is 0 Å². The predicted molar refractivity (Wildman–Crippen MR) is 203 cm³/mol. The number of methoxy groups -OCH3 is 1. The van der Waals surface area contributed by atoms with Gasteiger partial charge >= 0.3 is 18.1 Å². The molecule has 0 aromatic heterocycles. The molecule has 3 aromatic carbocycles. The van der Waals surface area contributed by atoms with Crippen molar-refractivity contribution in [2.45, 2.75) is 71.5 Å². The molecule has 0 fully saturated rings. The number of ether oxygens (including phenoxy) is 3. The Bertz CT molecular complexity index is 1830. The number of anilines is 1. The second-order valence-electron chi connectivity index (χ2n) is 12.6. The average molecular weight is 765 g/mol. The molecule has 0 heterocycles. The molecule has 0 spiro atoms. The van der Waals surface area contributed by atoms with E-state index in [1.165, 1.54) is 87.4 Å². The molecule has 2 amide bonds.